The highest BCUT2D eigenvalue weighted by molar-refractivity contribution is 6.30. The molecule has 12 heteroatoms. The predicted octanol–water partition coefficient (Wildman–Crippen LogP) is 5.93. The van der Waals surface area contributed by atoms with Gasteiger partial charge in [0.2, 0.25) is 0 Å². The Labute approximate surface area is 227 Å². The van der Waals surface area contributed by atoms with Crippen molar-refractivity contribution in [2.45, 2.75) is 76.5 Å². The standard InChI is InChI=1S/C27H28ClF3N4O4/c1-2-15-9-16(20(11-21(15)36)27(29,30)31)7-8-26(17-5-3-4-6-17)12-22(37)19(24(38)39-26)10-23-33-25-32-13-18(28)14-35(25)34-23/h9,11,13-14,17,36-37H,2-8,10,12H2,1H3. The number of fused-ring (bicyclic) bond motifs is 1. The third kappa shape index (κ3) is 5.41. The zero-order valence-corrected chi connectivity index (χ0v) is 22.0. The highest BCUT2D eigenvalue weighted by atomic mass is 35.5. The number of cyclic esters (lactones) is 1. The molecule has 39 heavy (non-hydrogen) atoms. The van der Waals surface area contributed by atoms with E-state index >= 15 is 0 Å². The highest BCUT2D eigenvalue weighted by Gasteiger charge is 2.48. The number of benzene rings is 1. The first-order valence-electron chi connectivity index (χ1n) is 12.9. The quantitative estimate of drug-likeness (QED) is 0.342. The van der Waals surface area contributed by atoms with E-state index in [0.717, 1.165) is 31.7 Å². The molecule has 8 nitrogen and oxygen atoms in total. The van der Waals surface area contributed by atoms with E-state index in [-0.39, 0.29) is 60.1 Å². The number of aryl methyl sites for hydroxylation is 2. The number of nitrogens with zero attached hydrogens (tertiary/aromatic N) is 4. The monoisotopic (exact) mass is 564 g/mol. The van der Waals surface area contributed by atoms with Gasteiger partial charge in [0.15, 0.2) is 5.82 Å². The summed E-state index contributed by atoms with van der Waals surface area (Å²) in [5, 5.41) is 25.8. The van der Waals surface area contributed by atoms with Gasteiger partial charge in [0, 0.05) is 12.8 Å². The summed E-state index contributed by atoms with van der Waals surface area (Å²) < 4.78 is 48.9. The van der Waals surface area contributed by atoms with Crippen LogP contribution < -0.4 is 0 Å². The summed E-state index contributed by atoms with van der Waals surface area (Å²) in [7, 11) is 0. The lowest BCUT2D eigenvalue weighted by Crippen LogP contribution is -2.46. The van der Waals surface area contributed by atoms with Gasteiger partial charge in [0.25, 0.3) is 5.78 Å². The topological polar surface area (TPSA) is 110 Å². The summed E-state index contributed by atoms with van der Waals surface area (Å²) in [6.07, 6.45) is 1.94. The summed E-state index contributed by atoms with van der Waals surface area (Å²) in [5.41, 5.74) is -1.60. The molecule has 5 rings (SSSR count). The Kier molecular flexibility index (Phi) is 7.21. The van der Waals surface area contributed by atoms with Gasteiger partial charge in [-0.1, -0.05) is 37.4 Å². The molecule has 2 N–H and O–H groups in total. The largest absolute Gasteiger partial charge is 0.512 e. The maximum absolute atomic E-state index is 13.8. The van der Waals surface area contributed by atoms with Crippen LogP contribution in [0, 0.1) is 5.92 Å². The van der Waals surface area contributed by atoms with E-state index in [1.54, 1.807) is 6.92 Å². The molecule has 1 unspecified atom stereocenters. The van der Waals surface area contributed by atoms with Gasteiger partial charge in [-0.05, 0) is 55.2 Å². The molecule has 3 heterocycles. The second kappa shape index (κ2) is 10.3. The SMILES string of the molecule is CCc1cc(CCC2(C3CCCC3)CC(O)=C(Cc3nc4ncc(Cl)cn4n3)C(=O)O2)c(C(F)(F)F)cc1O. The number of hydrogen-bond donors (Lipinski definition) is 2. The van der Waals surface area contributed by atoms with Crippen LogP contribution in [0.5, 0.6) is 5.75 Å². The molecule has 1 saturated carbocycles. The van der Waals surface area contributed by atoms with E-state index in [2.05, 4.69) is 15.1 Å². The highest BCUT2D eigenvalue weighted by Crippen LogP contribution is 2.47. The lowest BCUT2D eigenvalue weighted by atomic mass is 9.76. The third-order valence-electron chi connectivity index (χ3n) is 7.81. The van der Waals surface area contributed by atoms with Crippen LogP contribution in [0.2, 0.25) is 5.02 Å². The number of ether oxygens (including phenoxy) is 1. The maximum Gasteiger partial charge on any atom is 0.416 e. The Balaban J connectivity index is 1.44. The molecule has 3 aromatic rings. The zero-order valence-electron chi connectivity index (χ0n) is 21.3. The van der Waals surface area contributed by atoms with Crippen molar-refractivity contribution < 1.29 is 32.9 Å². The number of phenols is 1. The van der Waals surface area contributed by atoms with Gasteiger partial charge in [-0.15, -0.1) is 5.10 Å². The molecular weight excluding hydrogens is 537 g/mol. The lowest BCUT2D eigenvalue weighted by molar-refractivity contribution is -0.167. The molecule has 2 aliphatic rings. The minimum absolute atomic E-state index is 0.00371. The molecule has 2 aromatic heterocycles. The van der Waals surface area contributed by atoms with Crippen molar-refractivity contribution in [1.82, 2.24) is 19.6 Å². The van der Waals surface area contributed by atoms with Crippen molar-refractivity contribution in [3.63, 3.8) is 0 Å². The third-order valence-corrected chi connectivity index (χ3v) is 8.00. The van der Waals surface area contributed by atoms with Crippen molar-refractivity contribution >= 4 is 23.3 Å². The number of carbonyl (C=O) groups excluding carboxylic acids is 1. The molecule has 0 radical (unpaired) electrons. The number of aromatic nitrogens is 4. The van der Waals surface area contributed by atoms with Crippen molar-refractivity contribution in [3.8, 4) is 5.75 Å². The molecule has 1 aliphatic heterocycles. The number of carbonyl (C=O) groups is 1. The number of halogens is 4. The zero-order chi connectivity index (χ0) is 27.9. The van der Waals surface area contributed by atoms with E-state index in [9.17, 15) is 28.2 Å². The number of esters is 1. The van der Waals surface area contributed by atoms with Gasteiger partial charge in [0.05, 0.1) is 28.6 Å². The summed E-state index contributed by atoms with van der Waals surface area (Å²) >= 11 is 5.94. The van der Waals surface area contributed by atoms with Crippen LogP contribution in [0.3, 0.4) is 0 Å². The van der Waals surface area contributed by atoms with E-state index in [0.29, 0.717) is 17.0 Å². The Morgan fingerprint density at radius 3 is 2.62 bits per heavy atom. The molecule has 0 bridgehead atoms. The minimum Gasteiger partial charge on any atom is -0.512 e. The Hall–Kier alpha value is -3.34. The molecule has 0 amide bonds. The molecular formula is C27H28ClF3N4O4. The predicted molar refractivity (Wildman–Crippen MR) is 135 cm³/mol. The second-order valence-electron chi connectivity index (χ2n) is 10.2. The van der Waals surface area contributed by atoms with E-state index in [4.69, 9.17) is 16.3 Å². The van der Waals surface area contributed by atoms with Gasteiger partial charge in [-0.3, -0.25) is 0 Å². The normalized spacial score (nSPS) is 20.7. The molecule has 1 fully saturated rings. The number of rotatable bonds is 7. The minimum atomic E-state index is -4.65. The van der Waals surface area contributed by atoms with Gasteiger partial charge < -0.3 is 14.9 Å². The van der Waals surface area contributed by atoms with Crippen molar-refractivity contribution in [2.24, 2.45) is 5.92 Å². The summed E-state index contributed by atoms with van der Waals surface area (Å²) in [5.74, 6) is -0.874. The van der Waals surface area contributed by atoms with Crippen LogP contribution in [-0.2, 0) is 35.0 Å². The molecule has 1 aromatic carbocycles. The smallest absolute Gasteiger partial charge is 0.416 e. The number of aromatic hydroxyl groups is 1. The Morgan fingerprint density at radius 1 is 1.21 bits per heavy atom. The van der Waals surface area contributed by atoms with Gasteiger partial charge in [-0.25, -0.2) is 14.3 Å². The fraction of sp³-hybridized carbons (Fsp3) is 0.481. The van der Waals surface area contributed by atoms with Crippen LogP contribution in [0.1, 0.15) is 68.0 Å². The number of aliphatic hydroxyl groups excluding tert-OH is 1. The first-order chi connectivity index (χ1) is 18.5. The van der Waals surface area contributed by atoms with E-state index in [1.165, 1.54) is 23.0 Å². The van der Waals surface area contributed by atoms with Crippen LogP contribution in [0.15, 0.2) is 35.9 Å². The molecule has 1 atom stereocenters. The van der Waals surface area contributed by atoms with E-state index < -0.39 is 29.1 Å². The molecule has 0 spiro atoms. The summed E-state index contributed by atoms with van der Waals surface area (Å²) in [6, 6.07) is 2.14. The van der Waals surface area contributed by atoms with Crippen LogP contribution in [0.4, 0.5) is 13.2 Å². The Morgan fingerprint density at radius 2 is 1.95 bits per heavy atom. The Bertz CT molecular complexity index is 1450. The number of phenolic OH excluding ortho intramolecular Hbond substituents is 1. The molecule has 208 valence electrons. The first kappa shape index (κ1) is 27.2. The van der Waals surface area contributed by atoms with E-state index in [1.807, 2.05) is 0 Å². The fourth-order valence-electron chi connectivity index (χ4n) is 5.81. The van der Waals surface area contributed by atoms with Crippen LogP contribution in [0.25, 0.3) is 5.78 Å². The summed E-state index contributed by atoms with van der Waals surface area (Å²) in [4.78, 5) is 21.6. The first-order valence-corrected chi connectivity index (χ1v) is 13.3. The average Bonchev–Trinajstić information content (AvgIpc) is 3.55. The van der Waals surface area contributed by atoms with Crippen molar-refractivity contribution in [3.05, 3.63) is 63.4 Å². The van der Waals surface area contributed by atoms with Crippen LogP contribution in [-0.4, -0.2) is 41.4 Å². The second-order valence-corrected chi connectivity index (χ2v) is 10.7. The molecule has 1 aliphatic carbocycles. The van der Waals surface area contributed by atoms with Crippen LogP contribution >= 0.6 is 11.6 Å². The van der Waals surface area contributed by atoms with Gasteiger partial charge in [0.1, 0.15) is 17.1 Å². The number of alkyl halides is 3. The maximum atomic E-state index is 13.8. The van der Waals surface area contributed by atoms with Crippen molar-refractivity contribution in [1.29, 1.82) is 0 Å². The fourth-order valence-corrected chi connectivity index (χ4v) is 5.95. The van der Waals surface area contributed by atoms with Gasteiger partial charge in [-0.2, -0.15) is 18.2 Å². The average molecular weight is 565 g/mol. The van der Waals surface area contributed by atoms with Crippen molar-refractivity contribution in [2.75, 3.05) is 0 Å². The molecule has 0 saturated heterocycles. The number of hydrogen-bond acceptors (Lipinski definition) is 7. The number of aliphatic hydroxyl groups is 1. The lowest BCUT2D eigenvalue weighted by Gasteiger charge is -2.42. The summed E-state index contributed by atoms with van der Waals surface area (Å²) in [6.45, 7) is 1.75. The van der Waals surface area contributed by atoms with Gasteiger partial charge >= 0.3 is 12.1 Å².